The molecule has 0 bridgehead atoms. The van der Waals surface area contributed by atoms with Gasteiger partial charge in [-0.2, -0.15) is 25.3 Å². The Bertz CT molecular complexity index is 1440. The summed E-state index contributed by atoms with van der Waals surface area (Å²) in [5.74, 6) is -1.98. The van der Waals surface area contributed by atoms with Crippen LogP contribution in [0.5, 0.6) is 0 Å². The van der Waals surface area contributed by atoms with E-state index in [0.717, 1.165) is 16.5 Å². The van der Waals surface area contributed by atoms with E-state index in [9.17, 15) is 24.0 Å². The molecule has 0 aliphatic carbocycles. The maximum absolute atomic E-state index is 13.4. The highest BCUT2D eigenvalue weighted by Crippen LogP contribution is 2.23. The third-order valence-electron chi connectivity index (χ3n) is 7.29. The number of benzene rings is 2. The van der Waals surface area contributed by atoms with E-state index in [1.807, 2.05) is 30.5 Å². The van der Waals surface area contributed by atoms with Crippen molar-refractivity contribution in [1.82, 2.24) is 25.4 Å². The van der Waals surface area contributed by atoms with E-state index in [1.54, 1.807) is 24.3 Å². The zero-order valence-corrected chi connectivity index (χ0v) is 24.6. The number of aromatic nitrogens is 1. The van der Waals surface area contributed by atoms with Crippen LogP contribution in [-0.4, -0.2) is 88.0 Å². The zero-order valence-electron chi connectivity index (χ0n) is 22.8. The van der Waals surface area contributed by atoms with Crippen molar-refractivity contribution in [1.29, 1.82) is 0 Å². The van der Waals surface area contributed by atoms with E-state index in [-0.39, 0.29) is 42.9 Å². The summed E-state index contributed by atoms with van der Waals surface area (Å²) in [6.07, 6.45) is 2.72. The molecular weight excluding hydrogens is 562 g/mol. The number of para-hydroxylation sites is 1. The number of carbonyl (C=O) groups excluding carboxylic acids is 5. The van der Waals surface area contributed by atoms with Gasteiger partial charge in [-0.3, -0.25) is 28.9 Å². The zero-order chi connectivity index (χ0) is 29.7. The standard InChI is InChI=1S/C29H33N5O5S2/c1-30-25(35)23(14-17-15-31-21-11-6-5-8-18(17)21)33(2)29(39)22(16-40)32-26(36)24(41)12-7-13-34-27(37)19-9-3-4-10-20(19)28(34)38/h3-6,8-11,15,22-24,31,40-41H,7,12-14,16H2,1-2H3,(H,30,35)(H,32,36)/t22-,23-,24-/m0/s1. The van der Waals surface area contributed by atoms with Crippen LogP contribution in [0.3, 0.4) is 0 Å². The first-order valence-corrected chi connectivity index (χ1v) is 14.4. The highest BCUT2D eigenvalue weighted by atomic mass is 32.1. The molecule has 0 saturated heterocycles. The molecule has 3 atom stereocenters. The van der Waals surface area contributed by atoms with Crippen LogP contribution in [0.25, 0.3) is 10.9 Å². The normalized spacial score (nSPS) is 14.9. The molecular formula is C29H33N5O5S2. The number of nitrogens with zero attached hydrogens (tertiary/aromatic N) is 2. The topological polar surface area (TPSA) is 132 Å². The van der Waals surface area contributed by atoms with Crippen LogP contribution < -0.4 is 10.6 Å². The van der Waals surface area contributed by atoms with Gasteiger partial charge in [0.2, 0.25) is 17.7 Å². The monoisotopic (exact) mass is 595 g/mol. The average Bonchev–Trinajstić information content (AvgIpc) is 3.51. The lowest BCUT2D eigenvalue weighted by molar-refractivity contribution is -0.141. The molecule has 4 rings (SSSR count). The molecule has 0 spiro atoms. The van der Waals surface area contributed by atoms with Crippen molar-refractivity contribution < 1.29 is 24.0 Å². The number of imide groups is 1. The molecule has 12 heteroatoms. The number of hydrogen-bond acceptors (Lipinski definition) is 7. The maximum atomic E-state index is 13.4. The van der Waals surface area contributed by atoms with E-state index < -0.39 is 29.1 Å². The van der Waals surface area contributed by atoms with Crippen molar-refractivity contribution in [2.24, 2.45) is 0 Å². The number of carbonyl (C=O) groups is 5. The molecule has 3 aromatic rings. The summed E-state index contributed by atoms with van der Waals surface area (Å²) in [7, 11) is 3.04. The molecule has 2 aromatic carbocycles. The Morgan fingerprint density at radius 1 is 1.00 bits per heavy atom. The van der Waals surface area contributed by atoms with Gasteiger partial charge in [0.25, 0.3) is 11.8 Å². The van der Waals surface area contributed by atoms with Crippen LogP contribution in [0.1, 0.15) is 39.1 Å². The summed E-state index contributed by atoms with van der Waals surface area (Å²) in [6, 6.07) is 12.5. The van der Waals surface area contributed by atoms with Gasteiger partial charge in [0.15, 0.2) is 0 Å². The second-order valence-corrected chi connectivity index (χ2v) is 10.8. The predicted octanol–water partition coefficient (Wildman–Crippen LogP) is 2.07. The number of fused-ring (bicyclic) bond motifs is 2. The number of H-pyrrole nitrogens is 1. The van der Waals surface area contributed by atoms with Crippen molar-refractivity contribution in [2.75, 3.05) is 26.4 Å². The highest BCUT2D eigenvalue weighted by Gasteiger charge is 2.35. The SMILES string of the molecule is CNC(=O)[C@H](Cc1c[nH]c2ccccc12)N(C)C(=O)[C@H](CS)NC(=O)[C@@H](S)CCCN1C(=O)c2ccccc2C1=O. The number of aromatic amines is 1. The second kappa shape index (κ2) is 13.3. The Hall–Kier alpha value is -3.77. The molecule has 0 fully saturated rings. The minimum atomic E-state index is -0.989. The molecule has 216 valence electrons. The third-order valence-corrected chi connectivity index (χ3v) is 8.15. The lowest BCUT2D eigenvalue weighted by Crippen LogP contribution is -2.56. The first-order valence-electron chi connectivity index (χ1n) is 13.3. The number of likely N-dealkylation sites (N-methyl/N-ethyl adjacent to an activating group) is 2. The van der Waals surface area contributed by atoms with Crippen molar-refractivity contribution in [2.45, 2.75) is 36.6 Å². The minimum absolute atomic E-state index is 0.0119. The van der Waals surface area contributed by atoms with Crippen LogP contribution in [-0.2, 0) is 20.8 Å². The van der Waals surface area contributed by atoms with Crippen LogP contribution >= 0.6 is 25.3 Å². The molecule has 5 amide bonds. The molecule has 3 N–H and O–H groups in total. The molecule has 10 nitrogen and oxygen atoms in total. The summed E-state index contributed by atoms with van der Waals surface area (Å²) in [6.45, 7) is 0.149. The van der Waals surface area contributed by atoms with Gasteiger partial charge in [-0.15, -0.1) is 0 Å². The van der Waals surface area contributed by atoms with Gasteiger partial charge in [-0.1, -0.05) is 30.3 Å². The van der Waals surface area contributed by atoms with E-state index in [1.165, 1.54) is 23.9 Å². The number of hydrogen-bond donors (Lipinski definition) is 5. The van der Waals surface area contributed by atoms with Crippen molar-refractivity contribution in [3.8, 4) is 0 Å². The molecule has 0 unspecified atom stereocenters. The minimum Gasteiger partial charge on any atom is -0.361 e. The highest BCUT2D eigenvalue weighted by molar-refractivity contribution is 7.81. The van der Waals surface area contributed by atoms with Gasteiger partial charge < -0.3 is 20.5 Å². The number of thiol groups is 2. The van der Waals surface area contributed by atoms with Crippen LogP contribution in [0.4, 0.5) is 0 Å². The van der Waals surface area contributed by atoms with E-state index in [4.69, 9.17) is 0 Å². The molecule has 0 saturated carbocycles. The van der Waals surface area contributed by atoms with Crippen molar-refractivity contribution in [3.05, 3.63) is 71.4 Å². The third kappa shape index (κ3) is 6.43. The van der Waals surface area contributed by atoms with Crippen molar-refractivity contribution >= 4 is 65.7 Å². The Balaban J connectivity index is 1.34. The number of rotatable bonds is 12. The summed E-state index contributed by atoms with van der Waals surface area (Å²) in [5, 5.41) is 5.48. The number of amides is 5. The van der Waals surface area contributed by atoms with E-state index >= 15 is 0 Å². The van der Waals surface area contributed by atoms with Crippen molar-refractivity contribution in [3.63, 3.8) is 0 Å². The van der Waals surface area contributed by atoms with Crippen LogP contribution in [0.2, 0.25) is 0 Å². The quantitative estimate of drug-likeness (QED) is 0.162. The molecule has 1 aliphatic rings. The van der Waals surface area contributed by atoms with Gasteiger partial charge in [-0.05, 0) is 36.6 Å². The lowest BCUT2D eigenvalue weighted by atomic mass is 10.0. The molecule has 1 aliphatic heterocycles. The second-order valence-electron chi connectivity index (χ2n) is 9.85. The van der Waals surface area contributed by atoms with Gasteiger partial charge in [0, 0.05) is 49.9 Å². The van der Waals surface area contributed by atoms with Gasteiger partial charge in [0.1, 0.15) is 12.1 Å². The van der Waals surface area contributed by atoms with Crippen LogP contribution in [0, 0.1) is 0 Å². The molecule has 1 aromatic heterocycles. The predicted molar refractivity (Wildman–Crippen MR) is 162 cm³/mol. The first-order chi connectivity index (χ1) is 19.7. The molecule has 41 heavy (non-hydrogen) atoms. The van der Waals surface area contributed by atoms with E-state index in [0.29, 0.717) is 17.5 Å². The first kappa shape index (κ1) is 30.2. The fourth-order valence-electron chi connectivity index (χ4n) is 4.95. The number of nitrogens with one attached hydrogen (secondary N) is 3. The van der Waals surface area contributed by atoms with Crippen LogP contribution in [0.15, 0.2) is 54.7 Å². The Morgan fingerprint density at radius 3 is 2.27 bits per heavy atom. The van der Waals surface area contributed by atoms with E-state index in [2.05, 4.69) is 40.9 Å². The van der Waals surface area contributed by atoms with Gasteiger partial charge in [-0.25, -0.2) is 0 Å². The lowest BCUT2D eigenvalue weighted by Gasteiger charge is -2.30. The average molecular weight is 596 g/mol. The Morgan fingerprint density at radius 2 is 1.63 bits per heavy atom. The largest absolute Gasteiger partial charge is 0.361 e. The fourth-order valence-corrected chi connectivity index (χ4v) is 5.45. The summed E-state index contributed by atoms with van der Waals surface area (Å²) >= 11 is 8.67. The Kier molecular flexibility index (Phi) is 9.77. The maximum Gasteiger partial charge on any atom is 0.261 e. The molecule has 2 heterocycles. The smallest absolute Gasteiger partial charge is 0.261 e. The Labute approximate surface area is 249 Å². The summed E-state index contributed by atoms with van der Waals surface area (Å²) < 4.78 is 0. The molecule has 0 radical (unpaired) electrons. The fraction of sp³-hybridized carbons (Fsp3) is 0.345. The van der Waals surface area contributed by atoms with Gasteiger partial charge >= 0.3 is 0 Å². The van der Waals surface area contributed by atoms with Gasteiger partial charge in [0.05, 0.1) is 16.4 Å². The summed E-state index contributed by atoms with van der Waals surface area (Å²) in [4.78, 5) is 70.0. The summed E-state index contributed by atoms with van der Waals surface area (Å²) in [5.41, 5.74) is 2.55.